The largest absolute Gasteiger partial charge is 0.416 e. The Balaban J connectivity index is 1.24. The van der Waals surface area contributed by atoms with Crippen molar-refractivity contribution < 1.29 is 18.0 Å². The molecular weight excluding hydrogens is 565 g/mol. The lowest BCUT2D eigenvalue weighted by atomic mass is 9.95. The highest BCUT2D eigenvalue weighted by molar-refractivity contribution is 6.04. The number of benzene rings is 2. The Hall–Kier alpha value is -4.59. The molecule has 4 aromatic rings. The van der Waals surface area contributed by atoms with Crippen LogP contribution in [0.4, 0.5) is 18.9 Å². The molecule has 1 aliphatic carbocycles. The molecule has 1 unspecified atom stereocenters. The van der Waals surface area contributed by atoms with E-state index < -0.39 is 17.6 Å². The number of rotatable bonds is 4. The summed E-state index contributed by atoms with van der Waals surface area (Å²) in [6, 6.07) is 13.0. The summed E-state index contributed by atoms with van der Waals surface area (Å²) < 4.78 is 43.1. The molecule has 1 aliphatic heterocycles. The summed E-state index contributed by atoms with van der Waals surface area (Å²) in [7, 11) is 2.02. The third-order valence-electron chi connectivity index (χ3n) is 8.25. The molecule has 1 saturated heterocycles. The number of carbonyl (C=O) groups excluding carboxylic acids is 1. The average Bonchev–Trinajstić information content (AvgIpc) is 3.45. The van der Waals surface area contributed by atoms with Gasteiger partial charge in [-0.05, 0) is 91.9 Å². The van der Waals surface area contributed by atoms with E-state index in [0.717, 1.165) is 43.4 Å². The van der Waals surface area contributed by atoms with E-state index in [2.05, 4.69) is 41.9 Å². The minimum atomic E-state index is -4.57. The van der Waals surface area contributed by atoms with Crippen molar-refractivity contribution in [1.29, 1.82) is 0 Å². The molecule has 2 aromatic heterocycles. The molecule has 0 radical (unpaired) electrons. The van der Waals surface area contributed by atoms with E-state index in [1.807, 2.05) is 26.1 Å². The van der Waals surface area contributed by atoms with Crippen LogP contribution in [0.2, 0.25) is 0 Å². The summed E-state index contributed by atoms with van der Waals surface area (Å²) in [6.07, 6.45) is 1.57. The van der Waals surface area contributed by atoms with Crippen LogP contribution in [0.1, 0.15) is 56.5 Å². The molecule has 0 saturated carbocycles. The molecule has 2 aromatic carbocycles. The highest BCUT2D eigenvalue weighted by Gasteiger charge is 2.41. The van der Waals surface area contributed by atoms with Gasteiger partial charge >= 0.3 is 6.18 Å². The number of likely N-dealkylation sites (N-methyl/N-ethyl adjacent to an activating group) is 1. The maximum atomic E-state index is 14.4. The number of anilines is 1. The van der Waals surface area contributed by atoms with Gasteiger partial charge < -0.3 is 10.2 Å². The van der Waals surface area contributed by atoms with E-state index in [1.165, 1.54) is 0 Å². The predicted octanol–water partition coefficient (Wildman–Crippen LogP) is 5.75. The van der Waals surface area contributed by atoms with Crippen molar-refractivity contribution in [1.82, 2.24) is 24.8 Å². The fourth-order valence-corrected chi connectivity index (χ4v) is 5.87. The van der Waals surface area contributed by atoms with Crippen LogP contribution in [0.5, 0.6) is 0 Å². The van der Waals surface area contributed by atoms with E-state index in [0.29, 0.717) is 46.7 Å². The number of carbonyl (C=O) groups is 1. The Bertz CT molecular complexity index is 1750. The minimum Gasteiger partial charge on any atom is -0.322 e. The second kappa shape index (κ2) is 12.2. The lowest BCUT2D eigenvalue weighted by molar-refractivity contribution is -0.138. The van der Waals surface area contributed by atoms with Crippen LogP contribution >= 0.6 is 0 Å². The first-order chi connectivity index (χ1) is 21.2. The van der Waals surface area contributed by atoms with E-state index in [1.54, 1.807) is 48.9 Å². The molecule has 0 spiro atoms. The highest BCUT2D eigenvalue weighted by atomic mass is 19.4. The van der Waals surface area contributed by atoms with Gasteiger partial charge in [0.15, 0.2) is 0 Å². The van der Waals surface area contributed by atoms with Gasteiger partial charge in [-0.15, -0.1) is 0 Å². The maximum absolute atomic E-state index is 14.4. The zero-order chi connectivity index (χ0) is 30.8. The summed E-state index contributed by atoms with van der Waals surface area (Å²) in [5, 5.41) is 2.78. The van der Waals surface area contributed by atoms with Crippen molar-refractivity contribution in [2.24, 2.45) is 0 Å². The number of aryl methyl sites for hydroxylation is 2. The summed E-state index contributed by atoms with van der Waals surface area (Å²) in [5.74, 6) is 5.76. The number of fused-ring (bicyclic) bond motifs is 1. The van der Waals surface area contributed by atoms with Gasteiger partial charge in [-0.3, -0.25) is 14.7 Å². The van der Waals surface area contributed by atoms with Gasteiger partial charge in [-0.25, -0.2) is 9.97 Å². The number of aromatic nitrogens is 3. The number of nitrogens with one attached hydrogen (secondary N) is 1. The summed E-state index contributed by atoms with van der Waals surface area (Å²) in [6.45, 7) is 4.97. The third-order valence-corrected chi connectivity index (χ3v) is 8.25. The molecule has 3 heterocycles. The molecule has 1 fully saturated rings. The summed E-state index contributed by atoms with van der Waals surface area (Å²) in [5.41, 5.74) is 3.66. The lowest BCUT2D eigenvalue weighted by Crippen LogP contribution is -2.45. The van der Waals surface area contributed by atoms with Crippen molar-refractivity contribution in [3.63, 3.8) is 0 Å². The summed E-state index contributed by atoms with van der Waals surface area (Å²) >= 11 is 0. The second-order valence-corrected chi connectivity index (χ2v) is 11.2. The van der Waals surface area contributed by atoms with Gasteiger partial charge in [0.1, 0.15) is 0 Å². The Kier molecular flexibility index (Phi) is 8.17. The molecule has 1 atom stereocenters. The Morgan fingerprint density at radius 1 is 1.02 bits per heavy atom. The Morgan fingerprint density at radius 3 is 2.59 bits per heavy atom. The molecule has 2 aliphatic rings. The van der Waals surface area contributed by atoms with Gasteiger partial charge in [-0.2, -0.15) is 13.2 Å². The lowest BCUT2D eigenvalue weighted by Gasteiger charge is -2.37. The second-order valence-electron chi connectivity index (χ2n) is 11.2. The number of hydrogen-bond acceptors (Lipinski definition) is 6. The van der Waals surface area contributed by atoms with Gasteiger partial charge in [-0.1, -0.05) is 12.0 Å². The molecule has 1 N–H and O–H groups in total. The molecule has 6 rings (SSSR count). The van der Waals surface area contributed by atoms with Crippen molar-refractivity contribution in [3.05, 3.63) is 106 Å². The fraction of sp³-hybridized carbons (Fsp3) is 0.294. The number of amides is 1. The van der Waals surface area contributed by atoms with Crippen molar-refractivity contribution >= 4 is 11.6 Å². The highest BCUT2D eigenvalue weighted by Crippen LogP contribution is 2.45. The maximum Gasteiger partial charge on any atom is 0.416 e. The van der Waals surface area contributed by atoms with Crippen LogP contribution in [-0.2, 0) is 12.6 Å². The number of pyridine rings is 1. The van der Waals surface area contributed by atoms with Crippen LogP contribution in [0.15, 0.2) is 67.1 Å². The van der Waals surface area contributed by atoms with E-state index in [9.17, 15) is 18.0 Å². The van der Waals surface area contributed by atoms with Gasteiger partial charge in [0.05, 0.1) is 11.3 Å². The van der Waals surface area contributed by atoms with Gasteiger partial charge in [0.25, 0.3) is 5.91 Å². The van der Waals surface area contributed by atoms with E-state index >= 15 is 0 Å². The zero-order valence-electron chi connectivity index (χ0n) is 24.4. The Labute approximate surface area is 254 Å². The molecule has 10 heteroatoms. The van der Waals surface area contributed by atoms with Crippen molar-refractivity contribution in [2.45, 2.75) is 32.0 Å². The van der Waals surface area contributed by atoms with Crippen LogP contribution in [0.3, 0.4) is 0 Å². The van der Waals surface area contributed by atoms with Crippen LogP contribution in [-0.4, -0.2) is 63.9 Å². The van der Waals surface area contributed by atoms with Gasteiger partial charge in [0, 0.05) is 73.2 Å². The van der Waals surface area contributed by atoms with Crippen molar-refractivity contribution in [3.8, 4) is 23.1 Å². The fourth-order valence-electron chi connectivity index (χ4n) is 5.87. The Morgan fingerprint density at radius 2 is 1.84 bits per heavy atom. The van der Waals surface area contributed by atoms with E-state index in [4.69, 9.17) is 0 Å². The van der Waals surface area contributed by atoms with Gasteiger partial charge in [0.2, 0.25) is 5.82 Å². The minimum absolute atomic E-state index is 0.0103. The summed E-state index contributed by atoms with van der Waals surface area (Å²) in [4.78, 5) is 30.5. The normalized spacial score (nSPS) is 17.1. The SMILES string of the molecule is Cc1ccc(NC(=O)c2cc3c(c(C(F)(F)F)c2)C(N2CCN(C)CC2)CC3)cc1C#Cc1nccc(-c2cccnc2)n1. The first kappa shape index (κ1) is 29.5. The average molecular weight is 597 g/mol. The van der Waals surface area contributed by atoms with Crippen molar-refractivity contribution in [2.75, 3.05) is 38.5 Å². The van der Waals surface area contributed by atoms with Crippen LogP contribution in [0, 0.1) is 18.8 Å². The molecule has 1 amide bonds. The smallest absolute Gasteiger partial charge is 0.322 e. The number of piperazine rings is 1. The molecule has 0 bridgehead atoms. The third kappa shape index (κ3) is 6.34. The standard InChI is InChI=1S/C34H31F3N6O/c1-22-5-8-27(19-23(22)7-10-31-39-13-11-29(41-31)25-4-3-12-38-21-25)40-33(44)26-18-24-6-9-30(43-16-14-42(2)15-17-43)32(24)28(20-26)34(35,36)37/h3-5,8,11-13,18-21,30H,6,9,14-17H2,1-2H3,(H,40,44). The van der Waals surface area contributed by atoms with Crippen LogP contribution in [0.25, 0.3) is 11.3 Å². The van der Waals surface area contributed by atoms with Crippen LogP contribution < -0.4 is 5.32 Å². The molecular formula is C34H31F3N6O. The molecule has 44 heavy (non-hydrogen) atoms. The number of alkyl halides is 3. The quantitative estimate of drug-likeness (QED) is 0.303. The number of halogens is 3. The van der Waals surface area contributed by atoms with E-state index in [-0.39, 0.29) is 11.6 Å². The first-order valence-electron chi connectivity index (χ1n) is 14.5. The topological polar surface area (TPSA) is 74.2 Å². The zero-order valence-corrected chi connectivity index (χ0v) is 24.4. The molecule has 224 valence electrons. The number of nitrogens with zero attached hydrogens (tertiary/aromatic N) is 5. The first-order valence-corrected chi connectivity index (χ1v) is 14.5. The number of hydrogen-bond donors (Lipinski definition) is 1. The predicted molar refractivity (Wildman–Crippen MR) is 162 cm³/mol. The molecule has 7 nitrogen and oxygen atoms in total. The monoisotopic (exact) mass is 596 g/mol.